The topological polar surface area (TPSA) is 40.6 Å². The lowest BCUT2D eigenvalue weighted by Crippen LogP contribution is -2.37. The summed E-state index contributed by atoms with van der Waals surface area (Å²) in [6, 6.07) is 0.212. The fourth-order valence-corrected chi connectivity index (χ4v) is 2.59. The van der Waals surface area contributed by atoms with Gasteiger partial charge in [0.25, 0.3) is 0 Å². The van der Waals surface area contributed by atoms with Crippen LogP contribution in [0.2, 0.25) is 0 Å². The predicted octanol–water partition coefficient (Wildman–Crippen LogP) is 0.866. The zero-order chi connectivity index (χ0) is 11.7. The van der Waals surface area contributed by atoms with E-state index in [4.69, 9.17) is 0 Å². The van der Waals surface area contributed by atoms with E-state index >= 15 is 0 Å². The number of hydrogen-bond donors (Lipinski definition) is 0. The number of amides is 2. The summed E-state index contributed by atoms with van der Waals surface area (Å²) in [5.74, 6) is 0.231. The molecule has 0 N–H and O–H groups in total. The summed E-state index contributed by atoms with van der Waals surface area (Å²) < 4.78 is 0. The largest absolute Gasteiger partial charge is 0.342 e. The Bertz CT molecular complexity index is 295. The van der Waals surface area contributed by atoms with Crippen LogP contribution >= 0.6 is 0 Å². The van der Waals surface area contributed by atoms with Gasteiger partial charge in [0.15, 0.2) is 0 Å². The first kappa shape index (κ1) is 11.4. The van der Waals surface area contributed by atoms with Gasteiger partial charge in [-0.2, -0.15) is 0 Å². The van der Waals surface area contributed by atoms with Crippen LogP contribution in [0.1, 0.15) is 33.1 Å². The van der Waals surface area contributed by atoms with Crippen LogP contribution in [0.15, 0.2) is 0 Å². The van der Waals surface area contributed by atoms with E-state index in [1.165, 1.54) is 0 Å². The number of likely N-dealkylation sites (tertiary alicyclic amines) is 2. The van der Waals surface area contributed by atoms with Crippen LogP contribution in [0.3, 0.4) is 0 Å². The molecule has 2 saturated heterocycles. The third-order valence-corrected chi connectivity index (χ3v) is 3.55. The molecule has 0 aliphatic carbocycles. The highest BCUT2D eigenvalue weighted by Gasteiger charge is 2.37. The molecule has 2 aliphatic heterocycles. The van der Waals surface area contributed by atoms with Crippen LogP contribution in [-0.2, 0) is 9.59 Å². The van der Waals surface area contributed by atoms with Crippen LogP contribution in [-0.4, -0.2) is 47.3 Å². The van der Waals surface area contributed by atoms with Gasteiger partial charge in [-0.1, -0.05) is 0 Å². The van der Waals surface area contributed by atoms with E-state index in [2.05, 4.69) is 0 Å². The maximum absolute atomic E-state index is 12.1. The second-order valence-corrected chi connectivity index (χ2v) is 5.07. The van der Waals surface area contributed by atoms with Crippen LogP contribution in [0, 0.1) is 5.92 Å². The summed E-state index contributed by atoms with van der Waals surface area (Å²) in [7, 11) is 0. The number of hydrogen-bond acceptors (Lipinski definition) is 2. The molecule has 4 heteroatoms. The van der Waals surface area contributed by atoms with Crippen LogP contribution in [0.25, 0.3) is 0 Å². The summed E-state index contributed by atoms with van der Waals surface area (Å²) in [6.45, 7) is 6.38. The Balaban J connectivity index is 1.96. The molecule has 0 bridgehead atoms. The normalized spacial score (nSPS) is 25.9. The maximum atomic E-state index is 12.1. The third-order valence-electron chi connectivity index (χ3n) is 3.55. The Labute approximate surface area is 96.6 Å². The van der Waals surface area contributed by atoms with Crippen molar-refractivity contribution in [1.82, 2.24) is 9.80 Å². The van der Waals surface area contributed by atoms with E-state index in [0.717, 1.165) is 25.9 Å². The van der Waals surface area contributed by atoms with E-state index < -0.39 is 0 Å². The fraction of sp³-hybridized carbons (Fsp3) is 0.833. The highest BCUT2D eigenvalue weighted by atomic mass is 16.2. The number of carbonyl (C=O) groups is 2. The smallest absolute Gasteiger partial charge is 0.227 e. The van der Waals surface area contributed by atoms with Gasteiger partial charge >= 0.3 is 0 Å². The van der Waals surface area contributed by atoms with Gasteiger partial charge in [0.05, 0.1) is 5.92 Å². The third kappa shape index (κ3) is 2.06. The van der Waals surface area contributed by atoms with Crippen LogP contribution < -0.4 is 0 Å². The minimum Gasteiger partial charge on any atom is -0.342 e. The lowest BCUT2D eigenvalue weighted by atomic mass is 10.1. The summed E-state index contributed by atoms with van der Waals surface area (Å²) >= 11 is 0. The van der Waals surface area contributed by atoms with E-state index in [0.29, 0.717) is 13.0 Å². The number of rotatable bonds is 2. The molecular weight excluding hydrogens is 204 g/mol. The molecule has 0 aromatic carbocycles. The molecule has 2 fully saturated rings. The van der Waals surface area contributed by atoms with Gasteiger partial charge in [0.1, 0.15) is 0 Å². The molecule has 2 aliphatic rings. The molecule has 2 amide bonds. The predicted molar refractivity (Wildman–Crippen MR) is 60.8 cm³/mol. The average molecular weight is 224 g/mol. The van der Waals surface area contributed by atoms with Gasteiger partial charge in [-0.05, 0) is 26.7 Å². The van der Waals surface area contributed by atoms with Crippen molar-refractivity contribution in [2.75, 3.05) is 19.6 Å². The molecule has 2 heterocycles. The SMILES string of the molecule is CC(C)N1CC(C(=O)N2CCCC2)CC1=O. The van der Waals surface area contributed by atoms with Crippen molar-refractivity contribution < 1.29 is 9.59 Å². The summed E-state index contributed by atoms with van der Waals surface area (Å²) in [6.07, 6.45) is 2.63. The molecule has 16 heavy (non-hydrogen) atoms. The lowest BCUT2D eigenvalue weighted by Gasteiger charge is -2.22. The molecule has 1 unspecified atom stereocenters. The summed E-state index contributed by atoms with van der Waals surface area (Å²) in [5.41, 5.74) is 0. The Kier molecular flexibility index (Phi) is 3.17. The van der Waals surface area contributed by atoms with E-state index in [9.17, 15) is 9.59 Å². The van der Waals surface area contributed by atoms with Gasteiger partial charge in [-0.25, -0.2) is 0 Å². The Morgan fingerprint density at radius 2 is 1.94 bits per heavy atom. The summed E-state index contributed by atoms with van der Waals surface area (Å²) in [5, 5.41) is 0. The molecule has 90 valence electrons. The van der Waals surface area contributed by atoms with E-state index in [-0.39, 0.29) is 23.8 Å². The first-order valence-electron chi connectivity index (χ1n) is 6.18. The van der Waals surface area contributed by atoms with E-state index in [1.807, 2.05) is 23.6 Å². The van der Waals surface area contributed by atoms with Gasteiger partial charge in [0, 0.05) is 32.1 Å². The number of carbonyl (C=O) groups excluding carboxylic acids is 2. The van der Waals surface area contributed by atoms with Crippen molar-refractivity contribution in [3.05, 3.63) is 0 Å². The first-order chi connectivity index (χ1) is 7.59. The van der Waals surface area contributed by atoms with Gasteiger partial charge in [-0.3, -0.25) is 9.59 Å². The summed E-state index contributed by atoms with van der Waals surface area (Å²) in [4.78, 5) is 27.5. The van der Waals surface area contributed by atoms with E-state index in [1.54, 1.807) is 0 Å². The highest BCUT2D eigenvalue weighted by molar-refractivity contribution is 5.89. The maximum Gasteiger partial charge on any atom is 0.227 e. The first-order valence-corrected chi connectivity index (χ1v) is 6.18. The Morgan fingerprint density at radius 1 is 1.31 bits per heavy atom. The monoisotopic (exact) mass is 224 g/mol. The molecule has 0 saturated carbocycles. The van der Waals surface area contributed by atoms with Crippen molar-refractivity contribution in [2.45, 2.75) is 39.2 Å². The average Bonchev–Trinajstić information content (AvgIpc) is 2.84. The van der Waals surface area contributed by atoms with Crippen molar-refractivity contribution in [3.8, 4) is 0 Å². The molecule has 0 spiro atoms. The highest BCUT2D eigenvalue weighted by Crippen LogP contribution is 2.23. The zero-order valence-electron chi connectivity index (χ0n) is 10.1. The standard InChI is InChI=1S/C12H20N2O2/c1-9(2)14-8-10(7-11(14)15)12(16)13-5-3-4-6-13/h9-10H,3-8H2,1-2H3. The van der Waals surface area contributed by atoms with Gasteiger partial charge in [0.2, 0.25) is 11.8 Å². The molecule has 2 rings (SSSR count). The quantitative estimate of drug-likeness (QED) is 0.698. The van der Waals surface area contributed by atoms with Crippen molar-refractivity contribution >= 4 is 11.8 Å². The fourth-order valence-electron chi connectivity index (χ4n) is 2.59. The van der Waals surface area contributed by atoms with Crippen molar-refractivity contribution in [2.24, 2.45) is 5.92 Å². The van der Waals surface area contributed by atoms with Crippen LogP contribution in [0.5, 0.6) is 0 Å². The molecule has 0 aromatic heterocycles. The Hall–Kier alpha value is -1.06. The molecule has 0 aromatic rings. The van der Waals surface area contributed by atoms with Gasteiger partial charge in [-0.15, -0.1) is 0 Å². The minimum absolute atomic E-state index is 0.0898. The molecular formula is C12H20N2O2. The minimum atomic E-state index is -0.0898. The second-order valence-electron chi connectivity index (χ2n) is 5.07. The number of nitrogens with zero attached hydrogens (tertiary/aromatic N) is 2. The molecule has 1 atom stereocenters. The second kappa shape index (κ2) is 4.44. The Morgan fingerprint density at radius 3 is 2.44 bits per heavy atom. The molecule has 0 radical (unpaired) electrons. The van der Waals surface area contributed by atoms with Gasteiger partial charge < -0.3 is 9.80 Å². The van der Waals surface area contributed by atoms with Crippen LogP contribution in [0.4, 0.5) is 0 Å². The zero-order valence-corrected chi connectivity index (χ0v) is 10.1. The molecule has 4 nitrogen and oxygen atoms in total. The lowest BCUT2D eigenvalue weighted by molar-refractivity contribution is -0.134. The van der Waals surface area contributed by atoms with Crippen molar-refractivity contribution in [1.29, 1.82) is 0 Å². The van der Waals surface area contributed by atoms with Crippen molar-refractivity contribution in [3.63, 3.8) is 0 Å².